The fourth-order valence-electron chi connectivity index (χ4n) is 3.94. The first-order chi connectivity index (χ1) is 11.7. The molecule has 0 fully saturated rings. The molecule has 25 heavy (non-hydrogen) atoms. The molecule has 1 aromatic rings. The normalized spacial score (nSPS) is 25.3. The summed E-state index contributed by atoms with van der Waals surface area (Å²) in [6.45, 7) is 6.01. The summed E-state index contributed by atoms with van der Waals surface area (Å²) in [5.41, 5.74) is 3.01. The summed E-state index contributed by atoms with van der Waals surface area (Å²) in [7, 11) is 1.38. The van der Waals surface area contributed by atoms with Crippen LogP contribution in [0.4, 0.5) is 0 Å². The van der Waals surface area contributed by atoms with Gasteiger partial charge in [0.15, 0.2) is 5.78 Å². The van der Waals surface area contributed by atoms with Crippen molar-refractivity contribution >= 4 is 33.4 Å². The van der Waals surface area contributed by atoms with Gasteiger partial charge >= 0.3 is 5.97 Å². The summed E-state index contributed by atoms with van der Waals surface area (Å²) in [6.07, 6.45) is 1.20. The molecule has 1 aromatic carbocycles. The molecule has 5 heteroatoms. The van der Waals surface area contributed by atoms with Crippen LogP contribution in [0.2, 0.25) is 0 Å². The highest BCUT2D eigenvalue weighted by Gasteiger charge is 2.46. The molecule has 1 aliphatic carbocycles. The molecule has 0 amide bonds. The Morgan fingerprint density at radius 3 is 2.60 bits per heavy atom. The minimum Gasteiger partial charge on any atom is -0.468 e. The minimum absolute atomic E-state index is 0.0807. The van der Waals surface area contributed by atoms with E-state index >= 15 is 0 Å². The minimum atomic E-state index is -0.576. The number of carbonyl (C=O) groups is 2. The van der Waals surface area contributed by atoms with Gasteiger partial charge in [-0.15, -0.1) is 0 Å². The maximum absolute atomic E-state index is 13.0. The van der Waals surface area contributed by atoms with Gasteiger partial charge in [-0.1, -0.05) is 48.0 Å². The lowest BCUT2D eigenvalue weighted by Gasteiger charge is -2.39. The van der Waals surface area contributed by atoms with E-state index in [0.29, 0.717) is 17.7 Å². The number of allylic oxidation sites excluding steroid dienone is 2. The standard InChI is InChI=1S/C20H22BrNO3/c1-11-16(19(24)25-4)17(12-7-5-6-8-13(12)21)18-14(22-11)9-20(2,3)10-15(18)23/h5-8,16-17H,9-10H2,1-4H3/t16?,17-/m0/s1. The Labute approximate surface area is 156 Å². The molecule has 0 spiro atoms. The van der Waals surface area contributed by atoms with E-state index in [1.54, 1.807) is 0 Å². The van der Waals surface area contributed by atoms with Crippen molar-refractivity contribution in [1.29, 1.82) is 0 Å². The molecule has 0 bridgehead atoms. The molecular formula is C20H22BrNO3. The highest BCUT2D eigenvalue weighted by Crippen LogP contribution is 2.48. The van der Waals surface area contributed by atoms with Crippen molar-refractivity contribution in [3.63, 3.8) is 0 Å². The number of ketones is 1. The zero-order valence-electron chi connectivity index (χ0n) is 14.9. The molecule has 0 saturated carbocycles. The predicted octanol–water partition coefficient (Wildman–Crippen LogP) is 4.44. The summed E-state index contributed by atoms with van der Waals surface area (Å²) in [4.78, 5) is 30.2. The topological polar surface area (TPSA) is 55.7 Å². The van der Waals surface area contributed by atoms with Crippen molar-refractivity contribution in [3.8, 4) is 0 Å². The molecular weight excluding hydrogens is 382 g/mol. The second kappa shape index (κ2) is 6.52. The van der Waals surface area contributed by atoms with Crippen LogP contribution in [0.5, 0.6) is 0 Å². The Hall–Kier alpha value is -1.75. The Bertz CT molecular complexity index is 807. The van der Waals surface area contributed by atoms with Crippen LogP contribution in [-0.2, 0) is 14.3 Å². The molecule has 0 saturated heterocycles. The SMILES string of the molecule is COC(=O)C1C(C)=NC2=C(C(=O)CC(C)(C)C2)[C@H]1c1ccccc1Br. The zero-order valence-corrected chi connectivity index (χ0v) is 16.5. The highest BCUT2D eigenvalue weighted by molar-refractivity contribution is 9.10. The summed E-state index contributed by atoms with van der Waals surface area (Å²) in [6, 6.07) is 7.74. The number of ether oxygens (including phenoxy) is 1. The smallest absolute Gasteiger partial charge is 0.315 e. The fraction of sp³-hybridized carbons (Fsp3) is 0.450. The van der Waals surface area contributed by atoms with Crippen LogP contribution < -0.4 is 0 Å². The second-order valence-corrected chi connectivity index (χ2v) is 8.41. The van der Waals surface area contributed by atoms with Crippen molar-refractivity contribution in [2.45, 2.75) is 39.5 Å². The largest absolute Gasteiger partial charge is 0.468 e. The summed E-state index contributed by atoms with van der Waals surface area (Å²) < 4.78 is 5.92. The van der Waals surface area contributed by atoms with Gasteiger partial charge in [-0.2, -0.15) is 0 Å². The van der Waals surface area contributed by atoms with Crippen molar-refractivity contribution < 1.29 is 14.3 Å². The average Bonchev–Trinajstić information content (AvgIpc) is 2.52. The van der Waals surface area contributed by atoms with Crippen molar-refractivity contribution in [3.05, 3.63) is 45.6 Å². The number of methoxy groups -OCH3 is 1. The van der Waals surface area contributed by atoms with Gasteiger partial charge < -0.3 is 4.74 Å². The molecule has 1 aliphatic heterocycles. The van der Waals surface area contributed by atoms with Gasteiger partial charge in [0.1, 0.15) is 5.92 Å². The fourth-order valence-corrected chi connectivity index (χ4v) is 4.47. The van der Waals surface area contributed by atoms with Gasteiger partial charge in [-0.05, 0) is 30.4 Å². The molecule has 2 atom stereocenters. The van der Waals surface area contributed by atoms with Crippen LogP contribution in [-0.4, -0.2) is 24.6 Å². The van der Waals surface area contributed by atoms with Crippen molar-refractivity contribution in [2.75, 3.05) is 7.11 Å². The number of nitrogens with zero attached hydrogens (tertiary/aromatic N) is 1. The van der Waals surface area contributed by atoms with Crippen molar-refractivity contribution in [1.82, 2.24) is 0 Å². The highest BCUT2D eigenvalue weighted by atomic mass is 79.9. The zero-order chi connectivity index (χ0) is 18.4. The molecule has 0 aromatic heterocycles. The number of hydrogen-bond acceptors (Lipinski definition) is 4. The number of hydrogen-bond donors (Lipinski definition) is 0. The number of benzene rings is 1. The van der Waals surface area contributed by atoms with E-state index in [4.69, 9.17) is 4.74 Å². The van der Waals surface area contributed by atoms with Crippen LogP contribution in [0.3, 0.4) is 0 Å². The van der Waals surface area contributed by atoms with Crippen LogP contribution in [0.25, 0.3) is 0 Å². The van der Waals surface area contributed by atoms with Gasteiger partial charge in [0.05, 0.1) is 7.11 Å². The maximum atomic E-state index is 13.0. The molecule has 1 heterocycles. The third kappa shape index (κ3) is 3.22. The van der Waals surface area contributed by atoms with E-state index in [2.05, 4.69) is 34.8 Å². The number of halogens is 1. The number of Topliss-reactive ketones (excluding diaryl/α,β-unsaturated/α-hetero) is 1. The Morgan fingerprint density at radius 1 is 1.28 bits per heavy atom. The molecule has 4 nitrogen and oxygen atoms in total. The van der Waals surface area contributed by atoms with Crippen LogP contribution in [0.15, 0.2) is 45.0 Å². The van der Waals surface area contributed by atoms with E-state index in [9.17, 15) is 9.59 Å². The lowest BCUT2D eigenvalue weighted by Crippen LogP contribution is -2.39. The molecule has 132 valence electrons. The molecule has 0 radical (unpaired) electrons. The monoisotopic (exact) mass is 403 g/mol. The van der Waals surface area contributed by atoms with Gasteiger partial charge in [-0.25, -0.2) is 0 Å². The number of carbonyl (C=O) groups excluding carboxylic acids is 2. The first kappa shape index (κ1) is 18.1. The van der Waals surface area contributed by atoms with Crippen LogP contribution >= 0.6 is 15.9 Å². The molecule has 0 N–H and O–H groups in total. The summed E-state index contributed by atoms with van der Waals surface area (Å²) in [5, 5.41) is 0. The van der Waals surface area contributed by atoms with Crippen molar-refractivity contribution in [2.24, 2.45) is 16.3 Å². The molecule has 2 aliphatic rings. The molecule has 3 rings (SSSR count). The number of esters is 1. The Balaban J connectivity index is 2.23. The van der Waals surface area contributed by atoms with E-state index in [1.165, 1.54) is 7.11 Å². The van der Waals surface area contributed by atoms with Gasteiger partial charge in [0.25, 0.3) is 0 Å². The van der Waals surface area contributed by atoms with Gasteiger partial charge in [0.2, 0.25) is 0 Å². The van der Waals surface area contributed by atoms with E-state index in [0.717, 1.165) is 22.2 Å². The van der Waals surface area contributed by atoms with Crippen LogP contribution in [0, 0.1) is 11.3 Å². The predicted molar refractivity (Wildman–Crippen MR) is 101 cm³/mol. The first-order valence-corrected chi connectivity index (χ1v) is 9.18. The first-order valence-electron chi connectivity index (χ1n) is 8.39. The van der Waals surface area contributed by atoms with E-state index in [1.807, 2.05) is 31.2 Å². The third-order valence-corrected chi connectivity index (χ3v) is 5.72. The Morgan fingerprint density at radius 2 is 1.96 bits per heavy atom. The summed E-state index contributed by atoms with van der Waals surface area (Å²) in [5.74, 6) is -1.21. The Kier molecular flexibility index (Phi) is 4.71. The number of aliphatic imine (C=N–C) groups is 1. The lowest BCUT2D eigenvalue weighted by molar-refractivity contribution is -0.143. The quantitative estimate of drug-likeness (QED) is 0.685. The number of rotatable bonds is 2. The maximum Gasteiger partial charge on any atom is 0.315 e. The lowest BCUT2D eigenvalue weighted by atomic mass is 9.67. The van der Waals surface area contributed by atoms with E-state index < -0.39 is 5.92 Å². The summed E-state index contributed by atoms with van der Waals surface area (Å²) >= 11 is 3.58. The van der Waals surface area contributed by atoms with Gasteiger partial charge in [-0.3, -0.25) is 14.6 Å². The van der Waals surface area contributed by atoms with E-state index in [-0.39, 0.29) is 23.1 Å². The second-order valence-electron chi connectivity index (χ2n) is 7.55. The van der Waals surface area contributed by atoms with Crippen LogP contribution in [0.1, 0.15) is 45.1 Å². The van der Waals surface area contributed by atoms with Gasteiger partial charge in [0, 0.05) is 33.8 Å². The molecule has 1 unspecified atom stereocenters. The average molecular weight is 404 g/mol. The third-order valence-electron chi connectivity index (χ3n) is 5.00.